The largest absolute Gasteiger partial charge is 0.254 e. The molecule has 0 aliphatic carbocycles. The van der Waals surface area contributed by atoms with E-state index in [2.05, 4.69) is 31.2 Å². The summed E-state index contributed by atoms with van der Waals surface area (Å²) in [5.41, 5.74) is 2.79. The van der Waals surface area contributed by atoms with Gasteiger partial charge in [0.05, 0.1) is 17.2 Å². The molecule has 4 nitrogen and oxygen atoms in total. The molecule has 3 aromatic rings. The maximum atomic E-state index is 4.33. The van der Waals surface area contributed by atoms with Crippen LogP contribution in [0, 0.1) is 0 Å². The Morgan fingerprint density at radius 1 is 1.27 bits per heavy atom. The third-order valence-corrected chi connectivity index (χ3v) is 2.89. The molecule has 5 heteroatoms. The van der Waals surface area contributed by atoms with Crippen LogP contribution >= 0.6 is 15.9 Å². The maximum Gasteiger partial charge on any atom is 0.132 e. The summed E-state index contributed by atoms with van der Waals surface area (Å²) in [4.78, 5) is 4.33. The van der Waals surface area contributed by atoms with Gasteiger partial charge in [0.2, 0.25) is 0 Å². The Hall–Kier alpha value is -1.49. The van der Waals surface area contributed by atoms with Crippen molar-refractivity contribution in [2.24, 2.45) is 7.05 Å². The van der Waals surface area contributed by atoms with Gasteiger partial charge in [0.25, 0.3) is 0 Å². The topological polar surface area (TPSA) is 43.6 Å². The van der Waals surface area contributed by atoms with Crippen molar-refractivity contribution in [1.82, 2.24) is 20.0 Å². The molecule has 3 rings (SSSR count). The minimum Gasteiger partial charge on any atom is -0.254 e. The van der Waals surface area contributed by atoms with E-state index in [4.69, 9.17) is 0 Å². The first kappa shape index (κ1) is 8.79. The molecule has 0 spiro atoms. The van der Waals surface area contributed by atoms with Crippen molar-refractivity contribution in [1.29, 1.82) is 0 Å². The van der Waals surface area contributed by atoms with Crippen LogP contribution in [-0.2, 0) is 7.05 Å². The van der Waals surface area contributed by atoms with E-state index in [0.717, 1.165) is 26.4 Å². The van der Waals surface area contributed by atoms with Gasteiger partial charge >= 0.3 is 0 Å². The van der Waals surface area contributed by atoms with E-state index in [1.54, 1.807) is 10.9 Å². The van der Waals surface area contributed by atoms with Crippen LogP contribution in [0.15, 0.2) is 28.9 Å². The highest BCUT2D eigenvalue weighted by Gasteiger charge is 2.07. The molecule has 0 fully saturated rings. The van der Waals surface area contributed by atoms with E-state index in [1.807, 2.05) is 25.2 Å². The molecule has 0 saturated heterocycles. The predicted octanol–water partition coefficient (Wildman–Crippen LogP) is 2.28. The number of fused-ring (bicyclic) bond motifs is 3. The first-order valence-electron chi connectivity index (χ1n) is 4.49. The molecule has 0 bridgehead atoms. The molecule has 0 aliphatic rings. The second-order valence-corrected chi connectivity index (χ2v) is 4.28. The van der Waals surface area contributed by atoms with Crippen LogP contribution in [0.1, 0.15) is 0 Å². The molecule has 74 valence electrons. The Balaban J connectivity index is 2.61. The molecule has 0 saturated carbocycles. The average molecular weight is 263 g/mol. The molecule has 2 aromatic heterocycles. The van der Waals surface area contributed by atoms with Crippen molar-refractivity contribution in [2.45, 2.75) is 0 Å². The second kappa shape index (κ2) is 3.00. The number of aryl methyl sites for hydroxylation is 1. The van der Waals surface area contributed by atoms with Gasteiger partial charge in [-0.15, -0.1) is 5.10 Å². The average Bonchev–Trinajstić information content (AvgIpc) is 2.60. The zero-order chi connectivity index (χ0) is 10.4. The molecule has 15 heavy (non-hydrogen) atoms. The number of rotatable bonds is 0. The number of nitrogens with zero attached hydrogens (tertiary/aromatic N) is 4. The van der Waals surface area contributed by atoms with E-state index in [0.29, 0.717) is 0 Å². The van der Waals surface area contributed by atoms with Crippen molar-refractivity contribution in [3.63, 3.8) is 0 Å². The highest BCUT2D eigenvalue weighted by molar-refractivity contribution is 9.10. The smallest absolute Gasteiger partial charge is 0.132 e. The van der Waals surface area contributed by atoms with E-state index < -0.39 is 0 Å². The van der Waals surface area contributed by atoms with Crippen LogP contribution in [0.2, 0.25) is 0 Å². The van der Waals surface area contributed by atoms with Gasteiger partial charge in [0.1, 0.15) is 5.52 Å². The summed E-state index contributed by atoms with van der Waals surface area (Å²) in [5.74, 6) is 0. The number of hydrogen-bond acceptors (Lipinski definition) is 3. The number of halogens is 1. The summed E-state index contributed by atoms with van der Waals surface area (Å²) < 4.78 is 2.80. The van der Waals surface area contributed by atoms with Crippen LogP contribution in [-0.4, -0.2) is 20.0 Å². The zero-order valence-electron chi connectivity index (χ0n) is 7.98. The lowest BCUT2D eigenvalue weighted by Gasteiger charge is -2.00. The van der Waals surface area contributed by atoms with E-state index in [9.17, 15) is 0 Å². The fourth-order valence-corrected chi connectivity index (χ4v) is 2.07. The molecule has 1 aromatic carbocycles. The number of hydrogen-bond donors (Lipinski definition) is 0. The fourth-order valence-electron chi connectivity index (χ4n) is 1.71. The summed E-state index contributed by atoms with van der Waals surface area (Å²) in [6.07, 6.45) is 1.75. The van der Waals surface area contributed by atoms with Gasteiger partial charge in [-0.05, 0) is 18.2 Å². The quantitative estimate of drug-likeness (QED) is 0.625. The summed E-state index contributed by atoms with van der Waals surface area (Å²) in [6, 6.07) is 5.99. The van der Waals surface area contributed by atoms with E-state index in [-0.39, 0.29) is 0 Å². The van der Waals surface area contributed by atoms with E-state index in [1.165, 1.54) is 0 Å². The van der Waals surface area contributed by atoms with Gasteiger partial charge in [-0.1, -0.05) is 21.1 Å². The summed E-state index contributed by atoms with van der Waals surface area (Å²) in [5, 5.41) is 9.08. The Bertz CT molecular complexity index is 659. The molecular formula is C10H7BrN4. The second-order valence-electron chi connectivity index (χ2n) is 3.37. The van der Waals surface area contributed by atoms with Gasteiger partial charge in [0.15, 0.2) is 0 Å². The van der Waals surface area contributed by atoms with Gasteiger partial charge in [-0.2, -0.15) is 0 Å². The maximum absolute atomic E-state index is 4.33. The molecule has 0 atom stereocenters. The van der Waals surface area contributed by atoms with Crippen molar-refractivity contribution in [3.8, 4) is 0 Å². The van der Waals surface area contributed by atoms with Crippen LogP contribution in [0.4, 0.5) is 0 Å². The van der Waals surface area contributed by atoms with Crippen LogP contribution in [0.3, 0.4) is 0 Å². The lowest BCUT2D eigenvalue weighted by Crippen LogP contribution is -1.91. The lowest BCUT2D eigenvalue weighted by molar-refractivity contribution is 0.738. The highest BCUT2D eigenvalue weighted by Crippen LogP contribution is 2.24. The minimum atomic E-state index is 0.822. The van der Waals surface area contributed by atoms with Crippen LogP contribution < -0.4 is 0 Å². The Morgan fingerprint density at radius 2 is 2.13 bits per heavy atom. The first-order chi connectivity index (χ1) is 7.25. The minimum absolute atomic E-state index is 0.822. The molecule has 0 amide bonds. The highest BCUT2D eigenvalue weighted by atomic mass is 79.9. The van der Waals surface area contributed by atoms with Gasteiger partial charge in [-0.3, -0.25) is 4.98 Å². The normalized spacial score (nSPS) is 11.3. The monoisotopic (exact) mass is 262 g/mol. The van der Waals surface area contributed by atoms with Gasteiger partial charge in [-0.25, -0.2) is 4.68 Å². The standard InChI is InChI=1S/C10H7BrN4/c1-15-10-7-4-6(11)2-3-8(7)12-5-9(10)13-14-15/h2-5H,1H3. The van der Waals surface area contributed by atoms with Crippen molar-refractivity contribution in [2.75, 3.05) is 0 Å². The SMILES string of the molecule is Cn1nnc2cnc3ccc(Br)cc3c21. The number of benzene rings is 1. The van der Waals surface area contributed by atoms with Gasteiger partial charge < -0.3 is 0 Å². The number of pyridine rings is 1. The van der Waals surface area contributed by atoms with E-state index >= 15 is 0 Å². The molecule has 0 unspecified atom stereocenters. The summed E-state index contributed by atoms with van der Waals surface area (Å²) in [6.45, 7) is 0. The summed E-state index contributed by atoms with van der Waals surface area (Å²) in [7, 11) is 1.88. The Labute approximate surface area is 94.0 Å². The zero-order valence-corrected chi connectivity index (χ0v) is 9.56. The van der Waals surface area contributed by atoms with Gasteiger partial charge in [0, 0.05) is 16.9 Å². The Morgan fingerprint density at radius 3 is 3.00 bits per heavy atom. The van der Waals surface area contributed by atoms with Crippen molar-refractivity contribution >= 4 is 37.9 Å². The predicted molar refractivity (Wildman–Crippen MR) is 61.5 cm³/mol. The first-order valence-corrected chi connectivity index (χ1v) is 5.28. The lowest BCUT2D eigenvalue weighted by atomic mass is 10.2. The Kier molecular flexibility index (Phi) is 1.76. The third kappa shape index (κ3) is 1.23. The molecule has 0 aliphatic heterocycles. The molecule has 0 radical (unpaired) electrons. The van der Waals surface area contributed by atoms with Crippen molar-refractivity contribution in [3.05, 3.63) is 28.9 Å². The number of aromatic nitrogens is 4. The molecular weight excluding hydrogens is 256 g/mol. The van der Waals surface area contributed by atoms with Crippen LogP contribution in [0.5, 0.6) is 0 Å². The fraction of sp³-hybridized carbons (Fsp3) is 0.100. The summed E-state index contributed by atoms with van der Waals surface area (Å²) >= 11 is 3.45. The third-order valence-electron chi connectivity index (χ3n) is 2.39. The van der Waals surface area contributed by atoms with Crippen molar-refractivity contribution < 1.29 is 0 Å². The van der Waals surface area contributed by atoms with Crippen LogP contribution in [0.25, 0.3) is 21.9 Å². The molecule has 2 heterocycles. The molecule has 0 N–H and O–H groups in total.